The summed E-state index contributed by atoms with van der Waals surface area (Å²) in [5, 5.41) is 18.1. The van der Waals surface area contributed by atoms with Crippen LogP contribution in [-0.2, 0) is 7.05 Å². The van der Waals surface area contributed by atoms with Gasteiger partial charge in [-0.1, -0.05) is 17.7 Å². The number of anilines is 1. The molecule has 2 aromatic rings. The number of aromatic nitrogens is 2. The SMILES string of the molecule is Cc1ccc(Cl)cc1NC(=O)c1nn(C)c(C)c1[N+](=O)[O-]. The van der Waals surface area contributed by atoms with Crippen LogP contribution in [0.25, 0.3) is 0 Å². The van der Waals surface area contributed by atoms with Gasteiger partial charge in [-0.15, -0.1) is 0 Å². The smallest absolute Gasteiger partial charge is 0.320 e. The van der Waals surface area contributed by atoms with Crippen LogP contribution < -0.4 is 5.32 Å². The summed E-state index contributed by atoms with van der Waals surface area (Å²) in [6.45, 7) is 3.33. The van der Waals surface area contributed by atoms with Crippen LogP contribution in [0.3, 0.4) is 0 Å². The van der Waals surface area contributed by atoms with Crippen molar-refractivity contribution in [2.75, 3.05) is 5.32 Å². The van der Waals surface area contributed by atoms with E-state index in [0.717, 1.165) is 5.56 Å². The largest absolute Gasteiger partial charge is 0.322 e. The molecule has 1 aromatic heterocycles. The van der Waals surface area contributed by atoms with Gasteiger partial charge < -0.3 is 5.32 Å². The van der Waals surface area contributed by atoms with Crippen LogP contribution in [0.2, 0.25) is 5.02 Å². The first-order valence-corrected chi connectivity index (χ1v) is 6.44. The third kappa shape index (κ3) is 2.87. The normalized spacial score (nSPS) is 10.5. The second kappa shape index (κ2) is 5.53. The van der Waals surface area contributed by atoms with Gasteiger partial charge in [0.25, 0.3) is 5.91 Å². The fourth-order valence-electron chi connectivity index (χ4n) is 1.88. The molecule has 21 heavy (non-hydrogen) atoms. The Morgan fingerprint density at radius 3 is 2.71 bits per heavy atom. The summed E-state index contributed by atoms with van der Waals surface area (Å²) < 4.78 is 1.30. The van der Waals surface area contributed by atoms with Gasteiger partial charge in [-0.3, -0.25) is 19.6 Å². The van der Waals surface area contributed by atoms with E-state index in [-0.39, 0.29) is 11.4 Å². The highest BCUT2D eigenvalue weighted by atomic mass is 35.5. The van der Waals surface area contributed by atoms with Crippen molar-refractivity contribution in [3.05, 3.63) is 50.3 Å². The number of nitro groups is 1. The van der Waals surface area contributed by atoms with Gasteiger partial charge in [0.1, 0.15) is 5.69 Å². The minimum atomic E-state index is -0.643. The summed E-state index contributed by atoms with van der Waals surface area (Å²) in [5.41, 5.74) is 1.08. The van der Waals surface area contributed by atoms with E-state index in [2.05, 4.69) is 10.4 Å². The Kier molecular flexibility index (Phi) is 3.95. The van der Waals surface area contributed by atoms with Gasteiger partial charge in [-0.2, -0.15) is 5.10 Å². The van der Waals surface area contributed by atoms with Gasteiger partial charge in [-0.05, 0) is 31.5 Å². The van der Waals surface area contributed by atoms with E-state index >= 15 is 0 Å². The molecule has 7 nitrogen and oxygen atoms in total. The minimum absolute atomic E-state index is 0.223. The second-order valence-electron chi connectivity index (χ2n) is 4.58. The van der Waals surface area contributed by atoms with Crippen molar-refractivity contribution < 1.29 is 9.72 Å². The van der Waals surface area contributed by atoms with Crippen LogP contribution in [0.1, 0.15) is 21.7 Å². The van der Waals surface area contributed by atoms with Gasteiger partial charge in [-0.25, -0.2) is 0 Å². The van der Waals surface area contributed by atoms with Gasteiger partial charge in [0.05, 0.1) is 4.92 Å². The first kappa shape index (κ1) is 15.0. The highest BCUT2D eigenvalue weighted by molar-refractivity contribution is 6.31. The molecule has 0 saturated heterocycles. The number of benzene rings is 1. The van der Waals surface area contributed by atoms with Gasteiger partial charge in [0, 0.05) is 17.8 Å². The number of nitrogens with one attached hydrogen (secondary N) is 1. The Bertz CT molecular complexity index is 739. The summed E-state index contributed by atoms with van der Waals surface area (Å²) in [5.74, 6) is -0.643. The summed E-state index contributed by atoms with van der Waals surface area (Å²) in [7, 11) is 1.55. The maximum atomic E-state index is 12.2. The van der Waals surface area contributed by atoms with Crippen molar-refractivity contribution in [2.24, 2.45) is 7.05 Å². The number of halogens is 1. The van der Waals surface area contributed by atoms with E-state index in [9.17, 15) is 14.9 Å². The third-order valence-corrected chi connectivity index (χ3v) is 3.38. The summed E-state index contributed by atoms with van der Waals surface area (Å²) in [6.07, 6.45) is 0. The Balaban J connectivity index is 2.39. The third-order valence-electron chi connectivity index (χ3n) is 3.15. The van der Waals surface area contributed by atoms with Gasteiger partial charge in [0.15, 0.2) is 0 Å². The number of aryl methyl sites for hydroxylation is 2. The van der Waals surface area contributed by atoms with Crippen LogP contribution in [0.15, 0.2) is 18.2 Å². The first-order valence-electron chi connectivity index (χ1n) is 6.06. The Hall–Kier alpha value is -2.41. The van der Waals surface area contributed by atoms with E-state index in [1.54, 1.807) is 32.2 Å². The lowest BCUT2D eigenvalue weighted by Crippen LogP contribution is -2.15. The molecule has 0 unspecified atom stereocenters. The highest BCUT2D eigenvalue weighted by Crippen LogP contribution is 2.25. The van der Waals surface area contributed by atoms with E-state index < -0.39 is 10.8 Å². The molecule has 1 amide bonds. The fraction of sp³-hybridized carbons (Fsp3) is 0.231. The van der Waals surface area contributed by atoms with Gasteiger partial charge in [0.2, 0.25) is 5.69 Å². The molecule has 0 aliphatic rings. The molecule has 1 heterocycles. The standard InChI is InChI=1S/C13H13ClN4O3/c1-7-4-5-9(14)6-10(7)15-13(19)11-12(18(20)21)8(2)17(3)16-11/h4-6H,1-3H3,(H,15,19). The van der Waals surface area contributed by atoms with Crippen molar-refractivity contribution in [1.82, 2.24) is 9.78 Å². The van der Waals surface area contributed by atoms with Crippen molar-refractivity contribution in [3.8, 4) is 0 Å². The molecule has 2 rings (SSSR count). The monoisotopic (exact) mass is 308 g/mol. The zero-order valence-corrected chi connectivity index (χ0v) is 12.4. The maximum Gasteiger partial charge on any atom is 0.322 e. The number of hydrogen-bond donors (Lipinski definition) is 1. The van der Waals surface area contributed by atoms with Crippen LogP contribution in [-0.4, -0.2) is 20.6 Å². The Labute approximate surface area is 125 Å². The molecule has 0 aliphatic heterocycles. The molecule has 1 N–H and O–H groups in total. The van der Waals surface area contributed by atoms with Crippen molar-refractivity contribution in [1.29, 1.82) is 0 Å². The molecule has 110 valence electrons. The summed E-state index contributed by atoms with van der Waals surface area (Å²) >= 11 is 5.88. The number of nitrogens with zero attached hydrogens (tertiary/aromatic N) is 3. The van der Waals surface area contributed by atoms with Crippen molar-refractivity contribution >= 4 is 28.9 Å². The Morgan fingerprint density at radius 1 is 1.43 bits per heavy atom. The van der Waals surface area contributed by atoms with Gasteiger partial charge >= 0.3 is 5.69 Å². The first-order chi connectivity index (χ1) is 9.81. The van der Waals surface area contributed by atoms with E-state index in [1.165, 1.54) is 11.6 Å². The van der Waals surface area contributed by atoms with E-state index in [4.69, 9.17) is 11.6 Å². The molecule has 0 atom stereocenters. The molecule has 1 aromatic carbocycles. The predicted octanol–water partition coefficient (Wildman–Crippen LogP) is 2.85. The summed E-state index contributed by atoms with van der Waals surface area (Å²) in [6, 6.07) is 5.02. The lowest BCUT2D eigenvalue weighted by atomic mass is 10.2. The Morgan fingerprint density at radius 2 is 2.10 bits per heavy atom. The molecule has 0 bridgehead atoms. The highest BCUT2D eigenvalue weighted by Gasteiger charge is 2.29. The van der Waals surface area contributed by atoms with Crippen LogP contribution in [0, 0.1) is 24.0 Å². The van der Waals surface area contributed by atoms with Crippen molar-refractivity contribution in [2.45, 2.75) is 13.8 Å². The molecule has 0 fully saturated rings. The topological polar surface area (TPSA) is 90.1 Å². The zero-order chi connectivity index (χ0) is 15.7. The fourth-order valence-corrected chi connectivity index (χ4v) is 2.05. The van der Waals surface area contributed by atoms with Crippen LogP contribution in [0.5, 0.6) is 0 Å². The molecule has 0 radical (unpaired) electrons. The average molecular weight is 309 g/mol. The number of carbonyl (C=O) groups excluding carboxylic acids is 1. The van der Waals surface area contributed by atoms with Crippen molar-refractivity contribution in [3.63, 3.8) is 0 Å². The number of carbonyl (C=O) groups is 1. The lowest BCUT2D eigenvalue weighted by molar-refractivity contribution is -0.385. The molecular weight excluding hydrogens is 296 g/mol. The lowest BCUT2D eigenvalue weighted by Gasteiger charge is -2.07. The second-order valence-corrected chi connectivity index (χ2v) is 5.01. The molecule has 0 spiro atoms. The number of hydrogen-bond acceptors (Lipinski definition) is 4. The maximum absolute atomic E-state index is 12.2. The minimum Gasteiger partial charge on any atom is -0.320 e. The van der Waals surface area contributed by atoms with Crippen LogP contribution in [0.4, 0.5) is 11.4 Å². The summed E-state index contributed by atoms with van der Waals surface area (Å²) in [4.78, 5) is 22.7. The number of amides is 1. The average Bonchev–Trinajstić information content (AvgIpc) is 2.70. The van der Waals surface area contributed by atoms with E-state index in [0.29, 0.717) is 16.4 Å². The quantitative estimate of drug-likeness (QED) is 0.697. The number of rotatable bonds is 3. The predicted molar refractivity (Wildman–Crippen MR) is 78.7 cm³/mol. The molecule has 0 aliphatic carbocycles. The molecule has 0 saturated carbocycles. The molecular formula is C13H13ClN4O3. The van der Waals surface area contributed by atoms with Crippen LogP contribution >= 0.6 is 11.6 Å². The zero-order valence-electron chi connectivity index (χ0n) is 11.7. The van der Waals surface area contributed by atoms with E-state index in [1.807, 2.05) is 0 Å². The molecule has 8 heteroatoms.